The molecule has 8 heteroatoms. The van der Waals surface area contributed by atoms with Crippen molar-refractivity contribution >= 4 is 21.8 Å². The van der Waals surface area contributed by atoms with Crippen LogP contribution in [0.15, 0.2) is 29.2 Å². The smallest absolute Gasteiger partial charge is 0.246 e. The van der Waals surface area contributed by atoms with Gasteiger partial charge in [-0.2, -0.15) is 0 Å². The van der Waals surface area contributed by atoms with Crippen LogP contribution in [-0.2, 0) is 26.2 Å². The van der Waals surface area contributed by atoms with Gasteiger partial charge in [0, 0.05) is 13.1 Å². The molecule has 1 saturated heterocycles. The van der Waals surface area contributed by atoms with Crippen molar-refractivity contribution in [2.45, 2.75) is 30.8 Å². The van der Waals surface area contributed by atoms with Crippen molar-refractivity contribution in [2.24, 2.45) is 5.14 Å². The number of likely N-dealkylation sites (N-methyl/N-ethyl adjacent to an activating group) is 1. The topological polar surface area (TPSA) is 110 Å². The van der Waals surface area contributed by atoms with Crippen LogP contribution in [0.1, 0.15) is 18.9 Å². The third-order valence-electron chi connectivity index (χ3n) is 3.36. The Morgan fingerprint density at radius 2 is 1.90 bits per heavy atom. The highest BCUT2D eigenvalue weighted by atomic mass is 32.2. The molecule has 0 aliphatic carbocycles. The van der Waals surface area contributed by atoms with Gasteiger partial charge < -0.3 is 5.32 Å². The molecule has 1 fully saturated rings. The lowest BCUT2D eigenvalue weighted by atomic mass is 10.2. The Morgan fingerprint density at radius 1 is 1.29 bits per heavy atom. The highest BCUT2D eigenvalue weighted by Gasteiger charge is 2.36. The van der Waals surface area contributed by atoms with Crippen LogP contribution in [-0.4, -0.2) is 37.7 Å². The number of hydrogen-bond acceptors (Lipinski definition) is 5. The second kappa shape index (κ2) is 5.92. The molecule has 1 aliphatic heterocycles. The van der Waals surface area contributed by atoms with Gasteiger partial charge in [-0.1, -0.05) is 12.1 Å². The van der Waals surface area contributed by atoms with E-state index in [0.717, 1.165) is 5.56 Å². The molecular weight excluding hydrogens is 294 g/mol. The summed E-state index contributed by atoms with van der Waals surface area (Å²) in [7, 11) is -3.70. The van der Waals surface area contributed by atoms with Gasteiger partial charge in [0.1, 0.15) is 0 Å². The van der Waals surface area contributed by atoms with E-state index in [1.165, 1.54) is 17.0 Å². The van der Waals surface area contributed by atoms with Gasteiger partial charge in [-0.3, -0.25) is 14.5 Å². The normalized spacial score (nSPS) is 19.3. The molecule has 0 aromatic heterocycles. The van der Waals surface area contributed by atoms with Crippen LogP contribution in [0, 0.1) is 0 Å². The maximum absolute atomic E-state index is 11.9. The quantitative estimate of drug-likeness (QED) is 0.717. The van der Waals surface area contributed by atoms with Gasteiger partial charge in [0.05, 0.1) is 17.4 Å². The fourth-order valence-corrected chi connectivity index (χ4v) is 2.73. The summed E-state index contributed by atoms with van der Waals surface area (Å²) in [5, 5.41) is 8.02. The summed E-state index contributed by atoms with van der Waals surface area (Å²) in [6.45, 7) is 2.50. The zero-order chi connectivity index (χ0) is 15.6. The Hall–Kier alpha value is -1.77. The summed E-state index contributed by atoms with van der Waals surface area (Å²) in [5.74, 6) is -0.395. The number of amides is 2. The number of primary sulfonamides is 1. The minimum absolute atomic E-state index is 0.0375. The van der Waals surface area contributed by atoms with Crippen LogP contribution in [0.5, 0.6) is 0 Å². The van der Waals surface area contributed by atoms with Gasteiger partial charge in [0.15, 0.2) is 0 Å². The van der Waals surface area contributed by atoms with Crippen molar-refractivity contribution in [1.82, 2.24) is 10.2 Å². The summed E-state index contributed by atoms with van der Waals surface area (Å²) >= 11 is 0. The molecule has 1 aromatic rings. The lowest BCUT2D eigenvalue weighted by molar-refractivity contribution is -0.138. The second-order valence-corrected chi connectivity index (χ2v) is 6.36. The van der Waals surface area contributed by atoms with Gasteiger partial charge in [-0.05, 0) is 24.6 Å². The summed E-state index contributed by atoms with van der Waals surface area (Å²) in [4.78, 5) is 24.7. The van der Waals surface area contributed by atoms with E-state index in [1.807, 2.05) is 0 Å². The SMILES string of the molecule is CCN1C(=O)C[C@H](NCc2ccc(S(N)(=O)=O)cc2)C1=O. The molecule has 0 unspecified atom stereocenters. The van der Waals surface area contributed by atoms with Gasteiger partial charge in [0.25, 0.3) is 0 Å². The molecule has 1 aromatic carbocycles. The Kier molecular flexibility index (Phi) is 4.40. The molecule has 0 saturated carbocycles. The number of benzene rings is 1. The fraction of sp³-hybridized carbons (Fsp3) is 0.385. The van der Waals surface area contributed by atoms with E-state index >= 15 is 0 Å². The maximum atomic E-state index is 11.9. The van der Waals surface area contributed by atoms with E-state index in [-0.39, 0.29) is 23.1 Å². The van der Waals surface area contributed by atoms with Crippen molar-refractivity contribution in [3.05, 3.63) is 29.8 Å². The van der Waals surface area contributed by atoms with E-state index in [0.29, 0.717) is 13.1 Å². The first-order valence-electron chi connectivity index (χ1n) is 6.52. The predicted octanol–water partition coefficient (Wildman–Crippen LogP) is -0.429. The summed E-state index contributed by atoms with van der Waals surface area (Å²) in [6, 6.07) is 5.53. The highest BCUT2D eigenvalue weighted by molar-refractivity contribution is 7.89. The monoisotopic (exact) mass is 311 g/mol. The van der Waals surface area contributed by atoms with Gasteiger partial charge in [-0.15, -0.1) is 0 Å². The van der Waals surface area contributed by atoms with E-state index < -0.39 is 16.1 Å². The third-order valence-corrected chi connectivity index (χ3v) is 4.29. The number of carbonyl (C=O) groups is 2. The van der Waals surface area contributed by atoms with Crippen molar-refractivity contribution in [3.63, 3.8) is 0 Å². The van der Waals surface area contributed by atoms with Crippen molar-refractivity contribution in [2.75, 3.05) is 6.54 Å². The minimum Gasteiger partial charge on any atom is -0.301 e. The number of nitrogens with two attached hydrogens (primary N) is 1. The molecule has 3 N–H and O–H groups in total. The zero-order valence-corrected chi connectivity index (χ0v) is 12.4. The standard InChI is InChI=1S/C13H17N3O4S/c1-2-16-12(17)7-11(13(16)18)15-8-9-3-5-10(6-4-9)21(14,19)20/h3-6,11,15H,2,7-8H2,1H3,(H2,14,19,20)/t11-/m0/s1. The largest absolute Gasteiger partial charge is 0.301 e. The number of nitrogens with one attached hydrogen (secondary N) is 1. The molecule has 0 spiro atoms. The van der Waals surface area contributed by atoms with Gasteiger partial charge in [-0.25, -0.2) is 13.6 Å². The first kappa shape index (κ1) is 15.6. The highest BCUT2D eigenvalue weighted by Crippen LogP contribution is 2.14. The van der Waals surface area contributed by atoms with Gasteiger partial charge in [0.2, 0.25) is 21.8 Å². The Labute approximate surface area is 123 Å². The van der Waals surface area contributed by atoms with Crippen LogP contribution in [0.4, 0.5) is 0 Å². The average molecular weight is 311 g/mol. The van der Waals surface area contributed by atoms with Crippen molar-refractivity contribution in [1.29, 1.82) is 0 Å². The average Bonchev–Trinajstić information content (AvgIpc) is 2.70. The molecule has 114 valence electrons. The van der Waals surface area contributed by atoms with E-state index in [4.69, 9.17) is 5.14 Å². The van der Waals surface area contributed by atoms with Crippen molar-refractivity contribution < 1.29 is 18.0 Å². The van der Waals surface area contributed by atoms with Gasteiger partial charge >= 0.3 is 0 Å². The third kappa shape index (κ3) is 3.46. The number of carbonyl (C=O) groups excluding carboxylic acids is 2. The maximum Gasteiger partial charge on any atom is 0.246 e. The number of imide groups is 1. The number of likely N-dealkylation sites (tertiary alicyclic amines) is 1. The second-order valence-electron chi connectivity index (χ2n) is 4.80. The number of hydrogen-bond donors (Lipinski definition) is 2. The Morgan fingerprint density at radius 3 is 2.38 bits per heavy atom. The first-order valence-corrected chi connectivity index (χ1v) is 8.07. The molecule has 1 heterocycles. The molecule has 0 bridgehead atoms. The molecule has 7 nitrogen and oxygen atoms in total. The van der Waals surface area contributed by atoms with E-state index in [2.05, 4.69) is 5.32 Å². The van der Waals surface area contributed by atoms with Crippen LogP contribution in [0.25, 0.3) is 0 Å². The molecule has 2 rings (SSSR count). The fourth-order valence-electron chi connectivity index (χ4n) is 2.21. The molecular formula is C13H17N3O4S. The van der Waals surface area contributed by atoms with Crippen LogP contribution < -0.4 is 10.5 Å². The van der Waals surface area contributed by atoms with Crippen LogP contribution in [0.2, 0.25) is 0 Å². The number of rotatable bonds is 5. The first-order chi connectivity index (χ1) is 9.82. The van der Waals surface area contributed by atoms with E-state index in [9.17, 15) is 18.0 Å². The summed E-state index contributed by atoms with van der Waals surface area (Å²) in [6.07, 6.45) is 0.155. The molecule has 1 atom stereocenters. The predicted molar refractivity (Wildman–Crippen MR) is 75.5 cm³/mol. The molecule has 0 radical (unpaired) electrons. The van der Waals surface area contributed by atoms with E-state index in [1.54, 1.807) is 19.1 Å². The minimum atomic E-state index is -3.70. The Balaban J connectivity index is 1.98. The zero-order valence-electron chi connectivity index (χ0n) is 11.6. The summed E-state index contributed by atoms with van der Waals surface area (Å²) < 4.78 is 22.3. The Bertz CT molecular complexity index is 654. The summed E-state index contributed by atoms with van der Waals surface area (Å²) in [5.41, 5.74) is 0.803. The lowest BCUT2D eigenvalue weighted by Crippen LogP contribution is -2.38. The molecule has 1 aliphatic rings. The van der Waals surface area contributed by atoms with Crippen LogP contribution in [0.3, 0.4) is 0 Å². The number of nitrogens with zero attached hydrogens (tertiary/aromatic N) is 1. The number of sulfonamides is 1. The molecule has 21 heavy (non-hydrogen) atoms. The van der Waals surface area contributed by atoms with Crippen LogP contribution >= 0.6 is 0 Å². The lowest BCUT2D eigenvalue weighted by Gasteiger charge is -2.13. The van der Waals surface area contributed by atoms with Crippen molar-refractivity contribution in [3.8, 4) is 0 Å². The molecule has 2 amide bonds.